The van der Waals surface area contributed by atoms with Crippen LogP contribution in [-0.2, 0) is 19.2 Å². The van der Waals surface area contributed by atoms with Crippen molar-refractivity contribution in [3.63, 3.8) is 0 Å². The van der Waals surface area contributed by atoms with Gasteiger partial charge in [0, 0.05) is 24.4 Å². The average molecular weight is 578 g/mol. The minimum atomic E-state index is -5.14. The molecular formula is C29H38F3N5O4. The molecule has 2 heterocycles. The summed E-state index contributed by atoms with van der Waals surface area (Å²) in [5.41, 5.74) is -1.02. The van der Waals surface area contributed by atoms with Crippen molar-refractivity contribution in [2.45, 2.75) is 89.5 Å². The van der Waals surface area contributed by atoms with Crippen LogP contribution in [0.2, 0.25) is 0 Å². The average Bonchev–Trinajstić information content (AvgIpc) is 3.23. The van der Waals surface area contributed by atoms with Crippen LogP contribution in [0.4, 0.5) is 13.2 Å². The Hall–Kier alpha value is -2.84. The second-order valence-electron chi connectivity index (χ2n) is 14.3. The lowest BCUT2D eigenvalue weighted by atomic mass is 9.47. The van der Waals surface area contributed by atoms with Gasteiger partial charge in [0.1, 0.15) is 18.1 Å². The predicted octanol–water partition coefficient (Wildman–Crippen LogP) is 2.27. The highest BCUT2D eigenvalue weighted by atomic mass is 19.4. The van der Waals surface area contributed by atoms with Gasteiger partial charge in [-0.2, -0.15) is 18.4 Å². The Bertz CT molecular complexity index is 1160. The Kier molecular flexibility index (Phi) is 6.62. The molecule has 7 rings (SSSR count). The van der Waals surface area contributed by atoms with Gasteiger partial charge in [0.2, 0.25) is 17.7 Å². The fourth-order valence-electron chi connectivity index (χ4n) is 9.76. The summed E-state index contributed by atoms with van der Waals surface area (Å²) in [6, 6.07) is -1.22. The van der Waals surface area contributed by atoms with Gasteiger partial charge in [-0.25, -0.2) is 0 Å². The largest absolute Gasteiger partial charge is 0.471 e. The summed E-state index contributed by atoms with van der Waals surface area (Å²) < 4.78 is 40.5. The van der Waals surface area contributed by atoms with Gasteiger partial charge in [-0.15, -0.1) is 0 Å². The number of likely N-dealkylation sites (tertiary alicyclic amines) is 1. The molecule has 5 aliphatic carbocycles. The lowest BCUT2D eigenvalue weighted by Gasteiger charge is -2.59. The van der Waals surface area contributed by atoms with Crippen LogP contribution in [0.5, 0.6) is 0 Å². The molecule has 41 heavy (non-hydrogen) atoms. The number of hydrogen-bond donors (Lipinski definition) is 3. The molecule has 4 amide bonds. The number of nitrogens with zero attached hydrogens (tertiary/aromatic N) is 2. The highest BCUT2D eigenvalue weighted by molar-refractivity contribution is 5.95. The SMILES string of the molecule is CC1(C)[C@@H]2[C@@H](C(=O)N[C@H](C#N)C[C@@H]3CCNC3=O)N(C(=O)C(NC(=O)C(F)(F)F)C34CC5CC(CC(C5)C3)C4)C[C@@H]21. The molecule has 6 atom stereocenters. The van der Waals surface area contributed by atoms with Crippen LogP contribution in [0.15, 0.2) is 0 Å². The summed E-state index contributed by atoms with van der Waals surface area (Å²) >= 11 is 0. The number of alkyl halides is 3. The summed E-state index contributed by atoms with van der Waals surface area (Å²) in [6.07, 6.45) is 0.371. The first kappa shape index (κ1) is 28.3. The van der Waals surface area contributed by atoms with Crippen LogP contribution in [-0.4, -0.2) is 65.9 Å². The summed E-state index contributed by atoms with van der Waals surface area (Å²) in [4.78, 5) is 53.8. The number of rotatable bonds is 7. The molecule has 224 valence electrons. The van der Waals surface area contributed by atoms with Gasteiger partial charge in [-0.05, 0) is 86.4 Å². The Morgan fingerprint density at radius 2 is 1.71 bits per heavy atom. The van der Waals surface area contributed by atoms with E-state index < -0.39 is 53.4 Å². The third-order valence-electron chi connectivity index (χ3n) is 11.4. The van der Waals surface area contributed by atoms with Crippen molar-refractivity contribution in [3.8, 4) is 6.07 Å². The molecule has 4 bridgehead atoms. The van der Waals surface area contributed by atoms with Crippen molar-refractivity contribution < 1.29 is 32.3 Å². The molecule has 3 N–H and O–H groups in total. The van der Waals surface area contributed by atoms with Crippen LogP contribution in [0.25, 0.3) is 0 Å². The maximum atomic E-state index is 14.3. The van der Waals surface area contributed by atoms with E-state index in [4.69, 9.17) is 0 Å². The zero-order valence-corrected chi connectivity index (χ0v) is 23.4. The minimum absolute atomic E-state index is 0.0151. The van der Waals surface area contributed by atoms with Gasteiger partial charge in [-0.3, -0.25) is 19.2 Å². The number of carbonyl (C=O) groups is 4. The molecule has 0 aromatic heterocycles. The lowest BCUT2D eigenvalue weighted by Crippen LogP contribution is -2.65. The number of halogens is 3. The van der Waals surface area contributed by atoms with Crippen molar-refractivity contribution in [3.05, 3.63) is 0 Å². The standard InChI is InChI=1S/C29H38F3N5O4/c1-27(2)19-13-37(21(20(19)27)24(39)35-18(12-33)8-17-3-4-34-23(17)38)25(40)22(36-26(41)29(30,31)32)28-9-14-5-15(10-28)7-16(6-14)11-28/h14-22H,3-11,13H2,1-2H3,(H,34,38)(H,35,39)(H,36,41)/t14?,15?,16?,17-,18-,19-,20-,21-,22?,28?/m0/s1. The summed E-state index contributed by atoms with van der Waals surface area (Å²) in [6.45, 7) is 4.71. The Balaban J connectivity index is 1.27. The second kappa shape index (κ2) is 9.60. The maximum Gasteiger partial charge on any atom is 0.471 e. The highest BCUT2D eigenvalue weighted by Crippen LogP contribution is 2.66. The van der Waals surface area contributed by atoms with E-state index in [0.717, 1.165) is 19.3 Å². The van der Waals surface area contributed by atoms with Crippen molar-refractivity contribution in [1.29, 1.82) is 5.26 Å². The molecule has 0 aromatic rings. The van der Waals surface area contributed by atoms with Gasteiger partial charge in [0.15, 0.2) is 0 Å². The summed E-state index contributed by atoms with van der Waals surface area (Å²) in [5, 5.41) is 17.3. The quantitative estimate of drug-likeness (QED) is 0.427. The van der Waals surface area contributed by atoms with E-state index in [1.165, 1.54) is 4.90 Å². The highest BCUT2D eigenvalue weighted by Gasteiger charge is 2.70. The van der Waals surface area contributed by atoms with Crippen molar-refractivity contribution >= 4 is 23.6 Å². The molecular weight excluding hydrogens is 539 g/mol. The van der Waals surface area contributed by atoms with Crippen LogP contribution < -0.4 is 16.0 Å². The maximum absolute atomic E-state index is 14.3. The molecule has 0 spiro atoms. The molecule has 1 unspecified atom stereocenters. The Labute approximate surface area is 237 Å². The van der Waals surface area contributed by atoms with E-state index in [2.05, 4.69) is 22.0 Å². The topological polar surface area (TPSA) is 131 Å². The smallest absolute Gasteiger partial charge is 0.356 e. The predicted molar refractivity (Wildman–Crippen MR) is 138 cm³/mol. The molecule has 7 aliphatic rings. The number of hydrogen-bond acceptors (Lipinski definition) is 5. The van der Waals surface area contributed by atoms with Crippen LogP contribution >= 0.6 is 0 Å². The number of amides is 4. The molecule has 5 saturated carbocycles. The third kappa shape index (κ3) is 4.77. The zero-order chi connectivity index (χ0) is 29.5. The number of nitriles is 1. The third-order valence-corrected chi connectivity index (χ3v) is 11.4. The van der Waals surface area contributed by atoms with Crippen molar-refractivity contribution in [2.24, 2.45) is 46.3 Å². The van der Waals surface area contributed by atoms with Crippen LogP contribution in [0.3, 0.4) is 0 Å². The molecule has 0 aromatic carbocycles. The fourth-order valence-corrected chi connectivity index (χ4v) is 9.76. The number of piperidine rings is 1. The van der Waals surface area contributed by atoms with Crippen LogP contribution in [0.1, 0.15) is 65.2 Å². The van der Waals surface area contributed by atoms with Gasteiger partial charge < -0.3 is 20.9 Å². The van der Waals surface area contributed by atoms with E-state index in [0.29, 0.717) is 50.0 Å². The molecule has 7 fully saturated rings. The summed E-state index contributed by atoms with van der Waals surface area (Å²) in [5.74, 6) is -3.10. The van der Waals surface area contributed by atoms with E-state index in [-0.39, 0.29) is 36.1 Å². The molecule has 2 saturated heterocycles. The number of nitrogens with one attached hydrogen (secondary N) is 3. The molecule has 9 nitrogen and oxygen atoms in total. The lowest BCUT2D eigenvalue weighted by molar-refractivity contribution is -0.179. The minimum Gasteiger partial charge on any atom is -0.356 e. The van der Waals surface area contributed by atoms with Gasteiger partial charge in [0.25, 0.3) is 0 Å². The Morgan fingerprint density at radius 3 is 2.22 bits per heavy atom. The molecule has 2 aliphatic heterocycles. The van der Waals surface area contributed by atoms with Crippen molar-refractivity contribution in [2.75, 3.05) is 13.1 Å². The van der Waals surface area contributed by atoms with Crippen molar-refractivity contribution in [1.82, 2.24) is 20.9 Å². The zero-order valence-electron chi connectivity index (χ0n) is 23.4. The molecule has 0 radical (unpaired) electrons. The monoisotopic (exact) mass is 577 g/mol. The van der Waals surface area contributed by atoms with Crippen LogP contribution in [0, 0.1) is 57.7 Å². The van der Waals surface area contributed by atoms with Gasteiger partial charge >= 0.3 is 12.1 Å². The first-order valence-corrected chi connectivity index (χ1v) is 14.9. The number of carbonyl (C=O) groups excluding carboxylic acids is 4. The second-order valence-corrected chi connectivity index (χ2v) is 14.3. The van der Waals surface area contributed by atoms with E-state index in [1.807, 2.05) is 13.8 Å². The van der Waals surface area contributed by atoms with Gasteiger partial charge in [-0.1, -0.05) is 13.8 Å². The van der Waals surface area contributed by atoms with E-state index >= 15 is 0 Å². The van der Waals surface area contributed by atoms with Gasteiger partial charge in [0.05, 0.1) is 6.07 Å². The normalized spacial score (nSPS) is 39.4. The van der Waals surface area contributed by atoms with E-state index in [9.17, 15) is 37.6 Å². The molecule has 12 heteroatoms. The first-order chi connectivity index (χ1) is 19.2. The van der Waals surface area contributed by atoms with E-state index in [1.54, 1.807) is 0 Å². The first-order valence-electron chi connectivity index (χ1n) is 14.9. The number of fused-ring (bicyclic) bond motifs is 1. The fraction of sp³-hybridized carbons (Fsp3) is 0.828. The summed E-state index contributed by atoms with van der Waals surface area (Å²) in [7, 11) is 0. The Morgan fingerprint density at radius 1 is 1.10 bits per heavy atom.